The fourth-order valence-electron chi connectivity index (χ4n) is 4.43. The number of alkyl carbamates (subject to hydrolysis) is 1. The van der Waals surface area contributed by atoms with Crippen molar-refractivity contribution >= 4 is 35.8 Å². The maximum absolute atomic E-state index is 11.5. The van der Waals surface area contributed by atoms with Crippen molar-refractivity contribution in [3.8, 4) is 11.1 Å². The molecule has 0 radical (unpaired) electrons. The third kappa shape index (κ3) is 4.21. The SMILES string of the molecule is N=CC(C=NC1CC1)c1ccc(-c2cncc(Cl)c2N2CCC3(CC2)CNC(=O)O3)cc1. The van der Waals surface area contributed by atoms with Crippen molar-refractivity contribution in [2.75, 3.05) is 24.5 Å². The number of benzene rings is 1. The Morgan fingerprint density at radius 1 is 1.25 bits per heavy atom. The van der Waals surface area contributed by atoms with E-state index in [1.54, 1.807) is 6.20 Å². The number of carbonyl (C=O) groups excluding carboxylic acids is 1. The molecular formula is C24H26ClN5O2. The van der Waals surface area contributed by atoms with Crippen molar-refractivity contribution in [2.45, 2.75) is 43.2 Å². The maximum Gasteiger partial charge on any atom is 0.407 e. The number of piperidine rings is 1. The minimum Gasteiger partial charge on any atom is -0.441 e. The van der Waals surface area contributed by atoms with E-state index in [1.165, 1.54) is 6.21 Å². The molecule has 8 heteroatoms. The highest BCUT2D eigenvalue weighted by atomic mass is 35.5. The Kier molecular flexibility index (Phi) is 5.59. The molecule has 1 aromatic heterocycles. The van der Waals surface area contributed by atoms with Crippen LogP contribution in [0, 0.1) is 5.41 Å². The van der Waals surface area contributed by atoms with Crippen molar-refractivity contribution in [1.29, 1.82) is 5.41 Å². The second-order valence-corrected chi connectivity index (χ2v) is 9.18. The molecule has 1 aliphatic carbocycles. The van der Waals surface area contributed by atoms with Crippen molar-refractivity contribution in [3.63, 3.8) is 0 Å². The van der Waals surface area contributed by atoms with Gasteiger partial charge in [-0.05, 0) is 24.0 Å². The predicted molar refractivity (Wildman–Crippen MR) is 126 cm³/mol. The number of rotatable bonds is 6. The first-order valence-corrected chi connectivity index (χ1v) is 11.4. The van der Waals surface area contributed by atoms with E-state index in [0.29, 0.717) is 17.6 Å². The summed E-state index contributed by atoms with van der Waals surface area (Å²) in [6, 6.07) is 8.65. The Bertz CT molecular complexity index is 1040. The van der Waals surface area contributed by atoms with Gasteiger partial charge < -0.3 is 20.4 Å². The Morgan fingerprint density at radius 3 is 2.62 bits per heavy atom. The molecular weight excluding hydrogens is 426 g/mol. The van der Waals surface area contributed by atoms with E-state index in [9.17, 15) is 4.79 Å². The number of hydrogen-bond donors (Lipinski definition) is 2. The Morgan fingerprint density at radius 2 is 2.00 bits per heavy atom. The third-order valence-corrected chi connectivity index (χ3v) is 6.79. The summed E-state index contributed by atoms with van der Waals surface area (Å²) in [5, 5.41) is 11.2. The number of aromatic nitrogens is 1. The van der Waals surface area contributed by atoms with Crippen LogP contribution in [-0.4, -0.2) is 54.8 Å². The second kappa shape index (κ2) is 8.54. The van der Waals surface area contributed by atoms with Crippen molar-refractivity contribution in [3.05, 3.63) is 47.2 Å². The summed E-state index contributed by atoms with van der Waals surface area (Å²) in [6.45, 7) is 2.06. The van der Waals surface area contributed by atoms with Crippen LogP contribution < -0.4 is 10.2 Å². The van der Waals surface area contributed by atoms with Crippen LogP contribution in [0.3, 0.4) is 0 Å². The normalized spacial score (nSPS) is 20.9. The van der Waals surface area contributed by atoms with Gasteiger partial charge in [-0.25, -0.2) is 4.79 Å². The van der Waals surface area contributed by atoms with Crippen molar-refractivity contribution in [1.82, 2.24) is 10.3 Å². The van der Waals surface area contributed by atoms with Gasteiger partial charge in [0, 0.05) is 62.4 Å². The largest absolute Gasteiger partial charge is 0.441 e. The van der Waals surface area contributed by atoms with Gasteiger partial charge in [-0.3, -0.25) is 9.98 Å². The first-order chi connectivity index (χ1) is 15.6. The fourth-order valence-corrected chi connectivity index (χ4v) is 4.71. The molecule has 166 valence electrons. The number of halogens is 1. The van der Waals surface area contributed by atoms with Gasteiger partial charge in [0.25, 0.3) is 0 Å². The van der Waals surface area contributed by atoms with Crippen LogP contribution in [0.5, 0.6) is 0 Å². The average molecular weight is 452 g/mol. The van der Waals surface area contributed by atoms with Crippen LogP contribution in [0.1, 0.15) is 37.2 Å². The van der Waals surface area contributed by atoms with Gasteiger partial charge >= 0.3 is 6.09 Å². The molecule has 1 unspecified atom stereocenters. The summed E-state index contributed by atoms with van der Waals surface area (Å²) < 4.78 is 5.55. The lowest BCUT2D eigenvalue weighted by atomic mass is 9.90. The highest BCUT2D eigenvalue weighted by Crippen LogP contribution is 2.40. The highest BCUT2D eigenvalue weighted by molar-refractivity contribution is 6.33. The fraction of sp³-hybridized carbons (Fsp3) is 0.417. The first kappa shape index (κ1) is 20.9. The van der Waals surface area contributed by atoms with E-state index < -0.39 is 5.60 Å². The zero-order chi connectivity index (χ0) is 22.1. The number of carbonyl (C=O) groups is 1. The van der Waals surface area contributed by atoms with E-state index >= 15 is 0 Å². The molecule has 2 aliphatic heterocycles. The Balaban J connectivity index is 1.37. The summed E-state index contributed by atoms with van der Waals surface area (Å²) in [6.07, 6.45) is 10.3. The zero-order valence-electron chi connectivity index (χ0n) is 17.8. The molecule has 3 fully saturated rings. The number of nitrogens with zero attached hydrogens (tertiary/aromatic N) is 3. The first-order valence-electron chi connectivity index (χ1n) is 11.1. The van der Waals surface area contributed by atoms with E-state index in [0.717, 1.165) is 61.2 Å². The van der Waals surface area contributed by atoms with Gasteiger partial charge in [-0.1, -0.05) is 35.9 Å². The maximum atomic E-state index is 11.5. The molecule has 1 atom stereocenters. The number of amides is 1. The van der Waals surface area contributed by atoms with Gasteiger partial charge in [0.2, 0.25) is 0 Å². The summed E-state index contributed by atoms with van der Waals surface area (Å²) >= 11 is 6.62. The van der Waals surface area contributed by atoms with Gasteiger partial charge in [0.15, 0.2) is 0 Å². The molecule has 1 saturated carbocycles. The molecule has 2 saturated heterocycles. The van der Waals surface area contributed by atoms with Crippen molar-refractivity contribution in [2.24, 2.45) is 4.99 Å². The minimum absolute atomic E-state index is 0.109. The Hall–Kier alpha value is -2.93. The molecule has 5 rings (SSSR count). The topological polar surface area (TPSA) is 90.7 Å². The summed E-state index contributed by atoms with van der Waals surface area (Å²) in [4.78, 5) is 22.7. The second-order valence-electron chi connectivity index (χ2n) is 8.77. The standard InChI is InChI=1S/C24H26ClN5O2/c25-21-14-27-13-20(22(21)30-9-7-24(8-10-30)15-29-23(31)32-24)17-3-1-16(2-4-17)18(11-26)12-28-19-5-6-19/h1-4,11-14,18-19,26H,5-10,15H2,(H,29,31). The lowest BCUT2D eigenvalue weighted by Gasteiger charge is -2.39. The molecule has 0 bridgehead atoms. The molecule has 1 amide bonds. The molecule has 2 N–H and O–H groups in total. The third-order valence-electron chi connectivity index (χ3n) is 6.52. The smallest absolute Gasteiger partial charge is 0.407 e. The number of aliphatic imine (C=N–C) groups is 1. The van der Waals surface area contributed by atoms with Gasteiger partial charge in [-0.2, -0.15) is 0 Å². The molecule has 2 aromatic rings. The lowest BCUT2D eigenvalue weighted by molar-refractivity contribution is 0.0367. The predicted octanol–water partition coefficient (Wildman–Crippen LogP) is 4.45. The minimum atomic E-state index is -0.404. The number of nitrogens with one attached hydrogen (secondary N) is 2. The van der Waals surface area contributed by atoms with E-state index in [2.05, 4.69) is 32.3 Å². The zero-order valence-corrected chi connectivity index (χ0v) is 18.5. The van der Waals surface area contributed by atoms with Crippen LogP contribution in [-0.2, 0) is 4.74 Å². The van der Waals surface area contributed by atoms with Gasteiger partial charge in [0.1, 0.15) is 5.60 Å². The summed E-state index contributed by atoms with van der Waals surface area (Å²) in [5.74, 6) is -0.109. The Labute approximate surface area is 192 Å². The quantitative estimate of drug-likeness (QED) is 0.635. The van der Waals surface area contributed by atoms with Crippen LogP contribution in [0.25, 0.3) is 11.1 Å². The van der Waals surface area contributed by atoms with Crippen LogP contribution in [0.4, 0.5) is 10.5 Å². The monoisotopic (exact) mass is 451 g/mol. The number of pyridine rings is 1. The number of anilines is 1. The summed E-state index contributed by atoms with van der Waals surface area (Å²) in [7, 11) is 0. The van der Waals surface area contributed by atoms with Gasteiger partial charge in [-0.15, -0.1) is 0 Å². The molecule has 3 heterocycles. The van der Waals surface area contributed by atoms with Crippen molar-refractivity contribution < 1.29 is 9.53 Å². The molecule has 7 nitrogen and oxygen atoms in total. The van der Waals surface area contributed by atoms with Crippen LogP contribution in [0.15, 0.2) is 41.7 Å². The average Bonchev–Trinajstić information content (AvgIpc) is 3.57. The molecule has 1 aromatic carbocycles. The number of hydrogen-bond acceptors (Lipinski definition) is 6. The van der Waals surface area contributed by atoms with Crippen LogP contribution >= 0.6 is 11.6 Å². The van der Waals surface area contributed by atoms with Gasteiger partial charge in [0.05, 0.1) is 23.2 Å². The molecule has 1 spiro atoms. The highest BCUT2D eigenvalue weighted by Gasteiger charge is 2.43. The van der Waals surface area contributed by atoms with E-state index in [1.807, 2.05) is 24.5 Å². The van der Waals surface area contributed by atoms with E-state index in [4.69, 9.17) is 21.7 Å². The molecule has 3 aliphatic rings. The summed E-state index contributed by atoms with van der Waals surface area (Å²) in [5.41, 5.74) is 3.59. The molecule has 32 heavy (non-hydrogen) atoms. The van der Waals surface area contributed by atoms with E-state index in [-0.39, 0.29) is 12.0 Å². The lowest BCUT2D eigenvalue weighted by Crippen LogP contribution is -2.46. The van der Waals surface area contributed by atoms with Crippen LogP contribution in [0.2, 0.25) is 5.02 Å². The number of ether oxygens (including phenoxy) is 1.